The molecule has 4 nitrogen and oxygen atoms in total. The van der Waals surface area contributed by atoms with Crippen LogP contribution in [-0.2, 0) is 0 Å². The number of aromatic nitrogens is 2. The third-order valence-electron chi connectivity index (χ3n) is 1.94. The summed E-state index contributed by atoms with van der Waals surface area (Å²) in [7, 11) is 0. The van der Waals surface area contributed by atoms with Crippen molar-refractivity contribution in [3.05, 3.63) is 41.8 Å². The van der Waals surface area contributed by atoms with Gasteiger partial charge < -0.3 is 5.73 Å². The molecule has 16 heavy (non-hydrogen) atoms. The fourth-order valence-corrected chi connectivity index (χ4v) is 1.28. The summed E-state index contributed by atoms with van der Waals surface area (Å²) in [5, 5.41) is 8.72. The number of nitrogens with zero attached hydrogens (tertiary/aromatic N) is 3. The van der Waals surface area contributed by atoms with Gasteiger partial charge in [0, 0.05) is 11.6 Å². The molecule has 0 aliphatic heterocycles. The molecule has 5 heteroatoms. The van der Waals surface area contributed by atoms with Crippen molar-refractivity contribution in [2.24, 2.45) is 0 Å². The largest absolute Gasteiger partial charge is 0.384 e. The number of nitriles is 1. The first-order chi connectivity index (χ1) is 7.69. The number of anilines is 1. The molecule has 0 aliphatic carbocycles. The average Bonchev–Trinajstić information content (AvgIpc) is 2.28. The van der Waals surface area contributed by atoms with Crippen LogP contribution in [0.4, 0.5) is 10.2 Å². The van der Waals surface area contributed by atoms with Crippen LogP contribution in [0.25, 0.3) is 11.4 Å². The number of nitrogen functional groups attached to an aromatic ring is 1. The van der Waals surface area contributed by atoms with E-state index in [1.165, 1.54) is 18.2 Å². The third-order valence-corrected chi connectivity index (χ3v) is 1.94. The van der Waals surface area contributed by atoms with Gasteiger partial charge >= 0.3 is 0 Å². The van der Waals surface area contributed by atoms with Gasteiger partial charge in [-0.2, -0.15) is 5.26 Å². The number of hydrogen-bond acceptors (Lipinski definition) is 4. The molecule has 78 valence electrons. The van der Waals surface area contributed by atoms with Crippen molar-refractivity contribution in [1.29, 1.82) is 5.26 Å². The molecule has 0 spiro atoms. The van der Waals surface area contributed by atoms with Crippen LogP contribution in [-0.4, -0.2) is 9.97 Å². The van der Waals surface area contributed by atoms with Gasteiger partial charge in [0.2, 0.25) is 0 Å². The van der Waals surface area contributed by atoms with E-state index < -0.39 is 0 Å². The Labute approximate surface area is 91.2 Å². The molecule has 0 aliphatic rings. The third kappa shape index (κ3) is 1.96. The predicted octanol–water partition coefficient (Wildman–Crippen LogP) is 1.74. The van der Waals surface area contributed by atoms with E-state index in [4.69, 9.17) is 11.0 Å². The summed E-state index contributed by atoms with van der Waals surface area (Å²) >= 11 is 0. The number of hydrogen-bond donors (Lipinski definition) is 1. The van der Waals surface area contributed by atoms with Crippen LogP contribution in [0, 0.1) is 17.1 Å². The fourth-order valence-electron chi connectivity index (χ4n) is 1.28. The maximum absolute atomic E-state index is 13.0. The van der Waals surface area contributed by atoms with Crippen molar-refractivity contribution in [1.82, 2.24) is 9.97 Å². The molecule has 0 radical (unpaired) electrons. The lowest BCUT2D eigenvalue weighted by Gasteiger charge is -2.01. The van der Waals surface area contributed by atoms with Gasteiger partial charge in [0.1, 0.15) is 23.4 Å². The topological polar surface area (TPSA) is 75.6 Å². The van der Waals surface area contributed by atoms with E-state index in [2.05, 4.69) is 9.97 Å². The highest BCUT2D eigenvalue weighted by Gasteiger charge is 2.05. The summed E-state index contributed by atoms with van der Waals surface area (Å²) in [5.74, 6) is 0.0453. The van der Waals surface area contributed by atoms with E-state index >= 15 is 0 Å². The molecule has 1 heterocycles. The van der Waals surface area contributed by atoms with Gasteiger partial charge in [-0.05, 0) is 12.1 Å². The smallest absolute Gasteiger partial charge is 0.163 e. The highest BCUT2D eigenvalue weighted by Crippen LogP contribution is 2.17. The molecule has 2 aromatic rings. The first-order valence-corrected chi connectivity index (χ1v) is 4.49. The van der Waals surface area contributed by atoms with Crippen molar-refractivity contribution in [3.8, 4) is 17.5 Å². The van der Waals surface area contributed by atoms with Gasteiger partial charge in [-0.3, -0.25) is 0 Å². The van der Waals surface area contributed by atoms with Crippen LogP contribution in [0.2, 0.25) is 0 Å². The van der Waals surface area contributed by atoms with Gasteiger partial charge in [0.15, 0.2) is 5.82 Å². The molecule has 0 atom stereocenters. The Morgan fingerprint density at radius 3 is 2.75 bits per heavy atom. The van der Waals surface area contributed by atoms with E-state index in [-0.39, 0.29) is 23.2 Å². The Morgan fingerprint density at radius 1 is 1.25 bits per heavy atom. The summed E-state index contributed by atoms with van der Waals surface area (Å²) in [5.41, 5.74) is 6.16. The second-order valence-electron chi connectivity index (χ2n) is 3.12. The molecule has 0 unspecified atom stereocenters. The molecule has 1 aromatic carbocycles. The monoisotopic (exact) mass is 214 g/mol. The Hall–Kier alpha value is -2.48. The summed E-state index contributed by atoms with van der Waals surface area (Å²) in [4.78, 5) is 7.89. The molecule has 0 fully saturated rings. The molecular weight excluding hydrogens is 207 g/mol. The summed E-state index contributed by atoms with van der Waals surface area (Å²) in [6.07, 6.45) is 0. The summed E-state index contributed by atoms with van der Waals surface area (Å²) in [6.45, 7) is 0. The lowest BCUT2D eigenvalue weighted by Crippen LogP contribution is -1.98. The van der Waals surface area contributed by atoms with Gasteiger partial charge in [0.25, 0.3) is 0 Å². The molecule has 1 aromatic heterocycles. The van der Waals surface area contributed by atoms with Gasteiger partial charge in [-0.1, -0.05) is 12.1 Å². The molecule has 0 saturated heterocycles. The minimum Gasteiger partial charge on any atom is -0.384 e. The van der Waals surface area contributed by atoms with E-state index in [0.29, 0.717) is 5.56 Å². The van der Waals surface area contributed by atoms with Crippen molar-refractivity contribution in [2.75, 3.05) is 5.73 Å². The standard InChI is InChI=1S/C11H7FN4/c12-8-3-1-2-7(4-8)11-15-9(6-13)5-10(14)16-11/h1-5H,(H2,14,15,16). The normalized spacial score (nSPS) is 9.75. The fraction of sp³-hybridized carbons (Fsp3) is 0. The summed E-state index contributed by atoms with van der Waals surface area (Å²) in [6, 6.07) is 9.04. The quantitative estimate of drug-likeness (QED) is 0.784. The van der Waals surface area contributed by atoms with Gasteiger partial charge in [-0.25, -0.2) is 14.4 Å². The summed E-state index contributed by atoms with van der Waals surface area (Å²) < 4.78 is 13.0. The highest BCUT2D eigenvalue weighted by atomic mass is 19.1. The van der Waals surface area contributed by atoms with Crippen LogP contribution >= 0.6 is 0 Å². The Morgan fingerprint density at radius 2 is 2.06 bits per heavy atom. The Balaban J connectivity index is 2.56. The molecule has 0 amide bonds. The average molecular weight is 214 g/mol. The first-order valence-electron chi connectivity index (χ1n) is 4.49. The zero-order chi connectivity index (χ0) is 11.5. The second-order valence-corrected chi connectivity index (χ2v) is 3.12. The molecule has 0 saturated carbocycles. The molecule has 2 N–H and O–H groups in total. The predicted molar refractivity (Wildman–Crippen MR) is 56.6 cm³/mol. The first kappa shape index (κ1) is 10.1. The molecule has 0 bridgehead atoms. The van der Waals surface area contributed by atoms with Gasteiger partial charge in [0.05, 0.1) is 0 Å². The van der Waals surface area contributed by atoms with Crippen LogP contribution in [0.15, 0.2) is 30.3 Å². The maximum atomic E-state index is 13.0. The zero-order valence-electron chi connectivity index (χ0n) is 8.18. The van der Waals surface area contributed by atoms with Crippen LogP contribution in [0.5, 0.6) is 0 Å². The van der Waals surface area contributed by atoms with E-state index in [1.54, 1.807) is 12.1 Å². The van der Waals surface area contributed by atoms with Gasteiger partial charge in [-0.15, -0.1) is 0 Å². The van der Waals surface area contributed by atoms with E-state index in [9.17, 15) is 4.39 Å². The molecule has 2 rings (SSSR count). The van der Waals surface area contributed by atoms with Crippen LogP contribution in [0.1, 0.15) is 5.69 Å². The second kappa shape index (κ2) is 3.95. The lowest BCUT2D eigenvalue weighted by molar-refractivity contribution is 0.628. The lowest BCUT2D eigenvalue weighted by atomic mass is 10.2. The minimum absolute atomic E-state index is 0.159. The number of nitrogens with two attached hydrogens (primary N) is 1. The van der Waals surface area contributed by atoms with Crippen molar-refractivity contribution in [2.45, 2.75) is 0 Å². The number of rotatable bonds is 1. The van der Waals surface area contributed by atoms with Crippen molar-refractivity contribution >= 4 is 5.82 Å². The SMILES string of the molecule is N#Cc1cc(N)nc(-c2cccc(F)c2)n1. The maximum Gasteiger partial charge on any atom is 0.163 e. The van der Waals surface area contributed by atoms with Crippen LogP contribution in [0.3, 0.4) is 0 Å². The Kier molecular flexibility index (Phi) is 2.48. The van der Waals surface area contributed by atoms with Crippen molar-refractivity contribution < 1.29 is 4.39 Å². The van der Waals surface area contributed by atoms with E-state index in [1.807, 2.05) is 6.07 Å². The minimum atomic E-state index is -0.387. The Bertz CT molecular complexity index is 574. The highest BCUT2D eigenvalue weighted by molar-refractivity contribution is 5.57. The molecular formula is C11H7FN4. The van der Waals surface area contributed by atoms with Crippen molar-refractivity contribution in [3.63, 3.8) is 0 Å². The van der Waals surface area contributed by atoms with E-state index in [0.717, 1.165) is 0 Å². The van der Waals surface area contributed by atoms with Crippen LogP contribution < -0.4 is 5.73 Å². The zero-order valence-corrected chi connectivity index (χ0v) is 8.18. The number of halogens is 1. The number of benzene rings is 1.